The summed E-state index contributed by atoms with van der Waals surface area (Å²) in [5.41, 5.74) is 18.9. The number of fused-ring (bicyclic) bond motifs is 16. The Kier molecular flexibility index (Phi) is 11.3. The molecule has 0 saturated heterocycles. The van der Waals surface area contributed by atoms with Crippen LogP contribution < -0.4 is 4.90 Å². The van der Waals surface area contributed by atoms with Crippen molar-refractivity contribution in [3.8, 4) is 33.4 Å². The molecule has 17 rings (SSSR count). The van der Waals surface area contributed by atoms with Crippen LogP contribution in [0.2, 0.25) is 5.02 Å². The van der Waals surface area contributed by atoms with Crippen molar-refractivity contribution in [2.24, 2.45) is 0 Å². The molecule has 2 unspecified atom stereocenters. The molecule has 15 aromatic rings. The fourth-order valence-electron chi connectivity index (χ4n) is 14.1. The number of benzene rings is 13. The smallest absolute Gasteiger partial charge is 0.0736 e. The lowest BCUT2D eigenvalue weighted by Crippen LogP contribution is -2.32. The third kappa shape index (κ3) is 7.40. The number of hydrogen-bond donors (Lipinski definition) is 0. The van der Waals surface area contributed by atoms with Gasteiger partial charge in [0.25, 0.3) is 0 Å². The van der Waals surface area contributed by atoms with Crippen molar-refractivity contribution in [1.82, 2.24) is 0 Å². The number of anilines is 3. The minimum Gasteiger partial charge on any atom is -0.309 e. The summed E-state index contributed by atoms with van der Waals surface area (Å²) >= 11 is 13.0. The molecule has 0 amide bonds. The minimum absolute atomic E-state index is 0.109. The molecule has 5 heteroatoms. The summed E-state index contributed by atoms with van der Waals surface area (Å²) in [4.78, 5) is 4.95. The van der Waals surface area contributed by atoms with E-state index < -0.39 is 5.41 Å². The number of hydrogen-bond acceptors (Lipinski definition) is 4. The summed E-state index contributed by atoms with van der Waals surface area (Å²) in [6.45, 7) is 0. The van der Waals surface area contributed by atoms with E-state index in [1.807, 2.05) is 34.4 Å². The first-order valence-corrected chi connectivity index (χ1v) is 31.1. The van der Waals surface area contributed by atoms with Crippen LogP contribution in [0.3, 0.4) is 0 Å². The van der Waals surface area contributed by atoms with Gasteiger partial charge in [-0.25, -0.2) is 0 Å². The molecule has 0 radical (unpaired) electrons. The van der Waals surface area contributed by atoms with Crippen LogP contribution in [0.5, 0.6) is 0 Å². The molecule has 0 fully saturated rings. The lowest BCUT2D eigenvalue weighted by atomic mass is 9.66. The van der Waals surface area contributed by atoms with Crippen LogP contribution in [0.25, 0.3) is 84.5 Å². The van der Waals surface area contributed by atoms with E-state index >= 15 is 0 Å². The molecule has 1 aliphatic carbocycles. The van der Waals surface area contributed by atoms with Crippen molar-refractivity contribution in [2.75, 3.05) is 4.90 Å². The Labute approximate surface area is 499 Å². The molecule has 2 aromatic heterocycles. The highest BCUT2D eigenvalue weighted by Gasteiger charge is 2.51. The lowest BCUT2D eigenvalue weighted by Gasteiger charge is -2.42. The van der Waals surface area contributed by atoms with E-state index in [1.54, 1.807) is 0 Å². The van der Waals surface area contributed by atoms with E-state index in [2.05, 4.69) is 290 Å². The summed E-state index contributed by atoms with van der Waals surface area (Å²) in [5, 5.41) is 8.34. The lowest BCUT2D eigenvalue weighted by molar-refractivity contribution is 0.720. The number of para-hydroxylation sites is 1. The Hall–Kier alpha value is -9.00. The van der Waals surface area contributed by atoms with Crippen molar-refractivity contribution in [2.45, 2.75) is 21.1 Å². The highest BCUT2D eigenvalue weighted by atomic mass is 35.5. The van der Waals surface area contributed by atoms with Crippen molar-refractivity contribution in [3.63, 3.8) is 0 Å². The van der Waals surface area contributed by atoms with E-state index in [1.165, 1.54) is 133 Å². The quantitative estimate of drug-likeness (QED) is 0.140. The van der Waals surface area contributed by atoms with Crippen LogP contribution in [-0.4, -0.2) is 0 Å². The molecular formula is C78H48ClNS3. The van der Waals surface area contributed by atoms with Gasteiger partial charge in [-0.2, -0.15) is 0 Å². The SMILES string of the molecule is Clc1ccc2c(c1)C1(c3ccccc3-c3ccc(C(c4ccccc4)c4ccc(-c5cccc6ccccc56)c5sc6ccccc6c45)cc31)c1cccc(N(c3ccccc3)c3ccc(-c4ccccc4)c4sc5ccccc5c34)c1S2. The largest absolute Gasteiger partial charge is 0.309 e. The first kappa shape index (κ1) is 48.7. The fraction of sp³-hybridized carbons (Fsp3) is 0.0256. The van der Waals surface area contributed by atoms with E-state index in [0.717, 1.165) is 22.1 Å². The number of thiophene rings is 2. The molecule has 0 N–H and O–H groups in total. The van der Waals surface area contributed by atoms with Gasteiger partial charge in [0.15, 0.2) is 0 Å². The maximum atomic E-state index is 7.32. The molecule has 0 saturated carbocycles. The molecule has 0 bridgehead atoms. The molecule has 13 aromatic carbocycles. The predicted octanol–water partition coefficient (Wildman–Crippen LogP) is 23.0. The summed E-state index contributed by atoms with van der Waals surface area (Å²) in [6, 6.07) is 106. The molecule has 2 aliphatic rings. The number of rotatable bonds is 8. The average Bonchev–Trinajstić information content (AvgIpc) is 1.67. The summed E-state index contributed by atoms with van der Waals surface area (Å²) < 4.78 is 5.15. The highest BCUT2D eigenvalue weighted by molar-refractivity contribution is 7.99. The Balaban J connectivity index is 0.931. The van der Waals surface area contributed by atoms with Crippen LogP contribution in [0.15, 0.2) is 295 Å². The summed E-state index contributed by atoms with van der Waals surface area (Å²) in [6.07, 6.45) is 0. The number of halogens is 1. The molecule has 1 nitrogen and oxygen atoms in total. The highest BCUT2D eigenvalue weighted by Crippen LogP contribution is 2.65. The molecule has 1 spiro atoms. The predicted molar refractivity (Wildman–Crippen MR) is 356 cm³/mol. The van der Waals surface area contributed by atoms with Gasteiger partial charge in [-0.1, -0.05) is 254 Å². The van der Waals surface area contributed by atoms with Crippen LogP contribution in [0.1, 0.15) is 44.9 Å². The van der Waals surface area contributed by atoms with Crippen LogP contribution in [0, 0.1) is 0 Å². The molecule has 390 valence electrons. The van der Waals surface area contributed by atoms with Gasteiger partial charge >= 0.3 is 0 Å². The van der Waals surface area contributed by atoms with E-state index in [-0.39, 0.29) is 5.92 Å². The third-order valence-electron chi connectivity index (χ3n) is 17.5. The second kappa shape index (κ2) is 19.3. The van der Waals surface area contributed by atoms with E-state index in [0.29, 0.717) is 0 Å². The molecular weight excluding hydrogens is 1080 g/mol. The monoisotopic (exact) mass is 1130 g/mol. The van der Waals surface area contributed by atoms with Crippen LogP contribution in [0.4, 0.5) is 17.1 Å². The van der Waals surface area contributed by atoms with E-state index in [9.17, 15) is 0 Å². The number of nitrogens with zero attached hydrogens (tertiary/aromatic N) is 1. The van der Waals surface area contributed by atoms with Crippen LogP contribution >= 0.6 is 46.0 Å². The van der Waals surface area contributed by atoms with E-state index in [4.69, 9.17) is 11.6 Å². The molecule has 2 atom stereocenters. The zero-order valence-corrected chi connectivity index (χ0v) is 48.0. The van der Waals surface area contributed by atoms with Gasteiger partial charge in [0, 0.05) is 72.3 Å². The van der Waals surface area contributed by atoms with Crippen molar-refractivity contribution < 1.29 is 0 Å². The van der Waals surface area contributed by atoms with Gasteiger partial charge in [-0.3, -0.25) is 0 Å². The van der Waals surface area contributed by atoms with Gasteiger partial charge < -0.3 is 4.90 Å². The Morgan fingerprint density at radius 3 is 1.78 bits per heavy atom. The van der Waals surface area contributed by atoms with Crippen molar-refractivity contribution in [3.05, 3.63) is 329 Å². The Morgan fingerprint density at radius 1 is 0.373 bits per heavy atom. The fourth-order valence-corrected chi connectivity index (χ4v) is 18.1. The maximum Gasteiger partial charge on any atom is 0.0736 e. The first-order chi connectivity index (χ1) is 41.1. The zero-order valence-electron chi connectivity index (χ0n) is 44.8. The second-order valence-electron chi connectivity index (χ2n) is 21.8. The van der Waals surface area contributed by atoms with Crippen molar-refractivity contribution >= 4 is 114 Å². The van der Waals surface area contributed by atoms with Gasteiger partial charge in [-0.15, -0.1) is 22.7 Å². The standard InChI is InChI=1S/C78H48ClNS3/c79-52-39-45-71-66(47-52)78(64-34-19-35-68(77(64)83-71)80(53-26-8-3-9-27-53)67-44-43-55(49-20-4-1-5-21-49)75-74(67)61-31-14-17-37-70(61)81-75)63-33-15-12-29-57(63)58-40-38-51(46-65(58)78)72(50-23-6-2-7-24-50)62-42-41-59(56-32-18-25-48-22-10-11-28-54(48)56)76-73(62)60-30-13-16-36-69(60)82-76/h1-47,72H. The summed E-state index contributed by atoms with van der Waals surface area (Å²) in [7, 11) is 0. The van der Waals surface area contributed by atoms with Gasteiger partial charge in [0.05, 0.1) is 16.8 Å². The molecule has 83 heavy (non-hydrogen) atoms. The van der Waals surface area contributed by atoms with Gasteiger partial charge in [0.1, 0.15) is 0 Å². The van der Waals surface area contributed by atoms with Crippen LogP contribution in [-0.2, 0) is 5.41 Å². The van der Waals surface area contributed by atoms with Gasteiger partial charge in [0.2, 0.25) is 0 Å². The zero-order chi connectivity index (χ0) is 54.8. The van der Waals surface area contributed by atoms with Gasteiger partial charge in [-0.05, 0) is 132 Å². The summed E-state index contributed by atoms with van der Waals surface area (Å²) in [5.74, 6) is -0.109. The Bertz CT molecular complexity index is 5100. The third-order valence-corrected chi connectivity index (χ3v) is 21.4. The molecule has 1 aliphatic heterocycles. The Morgan fingerprint density at radius 2 is 0.976 bits per heavy atom. The maximum absolute atomic E-state index is 7.32. The second-order valence-corrected chi connectivity index (χ2v) is 25.4. The first-order valence-electron chi connectivity index (χ1n) is 28.3. The average molecular weight is 1130 g/mol. The normalized spacial score (nSPS) is 14.5. The topological polar surface area (TPSA) is 3.24 Å². The molecule has 3 heterocycles. The minimum atomic E-state index is -0.744. The van der Waals surface area contributed by atoms with Crippen molar-refractivity contribution in [1.29, 1.82) is 0 Å².